The molecule has 3 nitrogen and oxygen atoms in total. The Morgan fingerprint density at radius 2 is 1.73 bits per heavy atom. The van der Waals surface area contributed by atoms with Crippen LogP contribution in [0.4, 0.5) is 0 Å². The Morgan fingerprint density at radius 1 is 1.13 bits per heavy atom. The fraction of sp³-hybridized carbons (Fsp3) is 0.818. The first kappa shape index (κ1) is 12.9. The molecule has 0 aromatic carbocycles. The molecule has 88 valence electrons. The molecule has 1 aliphatic rings. The first-order chi connectivity index (χ1) is 7.20. The topological polar surface area (TPSA) is 27.7 Å². The van der Waals surface area contributed by atoms with Crippen molar-refractivity contribution in [2.24, 2.45) is 0 Å². The first-order valence-electron chi connectivity index (χ1n) is 5.54. The van der Waals surface area contributed by atoms with Gasteiger partial charge in [-0.1, -0.05) is 18.6 Å². The normalized spacial score (nSPS) is 19.9. The molecule has 0 aromatic rings. The third-order valence-corrected chi connectivity index (χ3v) is 6.40. The molecule has 0 radical (unpaired) electrons. The van der Waals surface area contributed by atoms with Crippen LogP contribution in [0.2, 0.25) is 5.54 Å². The van der Waals surface area contributed by atoms with Crippen molar-refractivity contribution in [1.82, 2.24) is 0 Å². The summed E-state index contributed by atoms with van der Waals surface area (Å²) in [5, 5.41) is 0. The zero-order valence-electron chi connectivity index (χ0n) is 10.2. The highest BCUT2D eigenvalue weighted by molar-refractivity contribution is 6.63. The van der Waals surface area contributed by atoms with Gasteiger partial charge in [0, 0.05) is 26.9 Å². The van der Waals surface area contributed by atoms with E-state index in [1.54, 1.807) is 21.3 Å². The van der Waals surface area contributed by atoms with Crippen molar-refractivity contribution in [2.45, 2.75) is 38.1 Å². The van der Waals surface area contributed by atoms with Crippen LogP contribution in [0.1, 0.15) is 32.6 Å². The van der Waals surface area contributed by atoms with Crippen LogP contribution in [0.5, 0.6) is 0 Å². The van der Waals surface area contributed by atoms with E-state index < -0.39 is 8.80 Å². The second kappa shape index (κ2) is 5.79. The van der Waals surface area contributed by atoms with Gasteiger partial charge in [-0.05, 0) is 25.7 Å². The van der Waals surface area contributed by atoms with Gasteiger partial charge in [0.05, 0.1) is 0 Å². The van der Waals surface area contributed by atoms with Crippen molar-refractivity contribution in [3.8, 4) is 0 Å². The molecule has 0 fully saturated rings. The average molecular weight is 230 g/mol. The van der Waals surface area contributed by atoms with Crippen molar-refractivity contribution in [1.29, 1.82) is 0 Å². The summed E-state index contributed by atoms with van der Waals surface area (Å²) in [6.45, 7) is 2.15. The van der Waals surface area contributed by atoms with E-state index in [-0.39, 0.29) is 5.54 Å². The monoisotopic (exact) mass is 230 g/mol. The van der Waals surface area contributed by atoms with Gasteiger partial charge in [-0.3, -0.25) is 0 Å². The summed E-state index contributed by atoms with van der Waals surface area (Å²) >= 11 is 0. The van der Waals surface area contributed by atoms with Crippen LogP contribution in [0.3, 0.4) is 0 Å². The maximum absolute atomic E-state index is 5.50. The van der Waals surface area contributed by atoms with Crippen molar-refractivity contribution < 1.29 is 13.3 Å². The summed E-state index contributed by atoms with van der Waals surface area (Å²) in [6.07, 6.45) is 7.25. The Bertz CT molecular complexity index is 216. The number of rotatable bonds is 5. The van der Waals surface area contributed by atoms with Gasteiger partial charge in [-0.25, -0.2) is 0 Å². The second-order valence-corrected chi connectivity index (χ2v) is 7.26. The summed E-state index contributed by atoms with van der Waals surface area (Å²) in [5.74, 6) is 0. The summed E-state index contributed by atoms with van der Waals surface area (Å²) < 4.78 is 16.5. The SMILES string of the molecule is CO[Si](OC)(OC)C(C)C1=CCCCC1. The summed E-state index contributed by atoms with van der Waals surface area (Å²) in [4.78, 5) is 0. The van der Waals surface area contributed by atoms with Crippen LogP contribution in [0.15, 0.2) is 11.6 Å². The maximum Gasteiger partial charge on any atom is 0.507 e. The number of hydrogen-bond donors (Lipinski definition) is 0. The van der Waals surface area contributed by atoms with Crippen LogP contribution in [0.25, 0.3) is 0 Å². The van der Waals surface area contributed by atoms with Crippen LogP contribution >= 0.6 is 0 Å². The van der Waals surface area contributed by atoms with E-state index >= 15 is 0 Å². The van der Waals surface area contributed by atoms with Gasteiger partial charge in [0.2, 0.25) is 0 Å². The molecule has 0 heterocycles. The van der Waals surface area contributed by atoms with Crippen LogP contribution in [0, 0.1) is 0 Å². The Hall–Kier alpha value is -0.163. The summed E-state index contributed by atoms with van der Waals surface area (Å²) in [5.41, 5.74) is 1.72. The molecule has 0 saturated carbocycles. The molecule has 4 heteroatoms. The lowest BCUT2D eigenvalue weighted by Gasteiger charge is -2.32. The molecule has 0 spiro atoms. The van der Waals surface area contributed by atoms with Gasteiger partial charge in [0.15, 0.2) is 0 Å². The molecule has 1 aliphatic carbocycles. The molecule has 1 rings (SSSR count). The van der Waals surface area contributed by atoms with Gasteiger partial charge in [0.25, 0.3) is 0 Å². The van der Waals surface area contributed by atoms with Crippen LogP contribution in [-0.4, -0.2) is 30.1 Å². The minimum atomic E-state index is -2.48. The highest BCUT2D eigenvalue weighted by Gasteiger charge is 2.46. The number of allylic oxidation sites excluding steroid dienone is 2. The predicted octanol–water partition coefficient (Wildman–Crippen LogP) is 2.76. The standard InChI is InChI=1S/C11H22O3Si/c1-10(11-8-6-5-7-9-11)15(12-2,13-3)14-4/h8,10H,5-7,9H2,1-4H3. The Labute approximate surface area is 93.8 Å². The fourth-order valence-electron chi connectivity index (χ4n) is 2.26. The molecule has 1 atom stereocenters. The summed E-state index contributed by atoms with van der Waals surface area (Å²) in [6, 6.07) is 0. The van der Waals surface area contributed by atoms with E-state index in [4.69, 9.17) is 13.3 Å². The largest absolute Gasteiger partial charge is 0.507 e. The van der Waals surface area contributed by atoms with Crippen LogP contribution < -0.4 is 0 Å². The predicted molar refractivity (Wildman–Crippen MR) is 62.8 cm³/mol. The Morgan fingerprint density at radius 3 is 2.13 bits per heavy atom. The lowest BCUT2D eigenvalue weighted by Crippen LogP contribution is -2.47. The average Bonchev–Trinajstić information content (AvgIpc) is 2.33. The van der Waals surface area contributed by atoms with E-state index in [1.165, 1.54) is 24.8 Å². The van der Waals surface area contributed by atoms with Gasteiger partial charge < -0.3 is 13.3 Å². The molecule has 0 bridgehead atoms. The molecule has 0 amide bonds. The van der Waals surface area contributed by atoms with E-state index in [2.05, 4.69) is 13.0 Å². The van der Waals surface area contributed by atoms with Gasteiger partial charge in [-0.15, -0.1) is 0 Å². The van der Waals surface area contributed by atoms with E-state index in [1.807, 2.05) is 0 Å². The van der Waals surface area contributed by atoms with E-state index in [0.717, 1.165) is 6.42 Å². The third kappa shape index (κ3) is 2.69. The van der Waals surface area contributed by atoms with Crippen molar-refractivity contribution in [3.63, 3.8) is 0 Å². The highest BCUT2D eigenvalue weighted by atomic mass is 28.4. The summed E-state index contributed by atoms with van der Waals surface area (Å²) in [7, 11) is 2.56. The fourth-order valence-corrected chi connectivity index (χ4v) is 4.54. The zero-order valence-corrected chi connectivity index (χ0v) is 11.2. The van der Waals surface area contributed by atoms with Gasteiger partial charge in [-0.2, -0.15) is 0 Å². The maximum atomic E-state index is 5.50. The molecule has 0 N–H and O–H groups in total. The molecular formula is C11H22O3Si. The highest BCUT2D eigenvalue weighted by Crippen LogP contribution is 2.35. The third-order valence-electron chi connectivity index (χ3n) is 3.27. The quantitative estimate of drug-likeness (QED) is 0.537. The Kier molecular flexibility index (Phi) is 4.98. The molecule has 0 saturated heterocycles. The molecular weight excluding hydrogens is 208 g/mol. The zero-order chi connectivity index (χ0) is 11.3. The lowest BCUT2D eigenvalue weighted by molar-refractivity contribution is 0.116. The van der Waals surface area contributed by atoms with E-state index in [0.29, 0.717) is 0 Å². The minimum absolute atomic E-state index is 0.276. The lowest BCUT2D eigenvalue weighted by atomic mass is 9.98. The smallest absolute Gasteiger partial charge is 0.376 e. The van der Waals surface area contributed by atoms with Crippen LogP contribution in [-0.2, 0) is 13.3 Å². The number of hydrogen-bond acceptors (Lipinski definition) is 3. The van der Waals surface area contributed by atoms with Gasteiger partial charge in [0.1, 0.15) is 0 Å². The van der Waals surface area contributed by atoms with Crippen molar-refractivity contribution in [2.75, 3.05) is 21.3 Å². The minimum Gasteiger partial charge on any atom is -0.376 e. The molecule has 0 aliphatic heterocycles. The Balaban J connectivity index is 2.78. The van der Waals surface area contributed by atoms with Crippen molar-refractivity contribution >= 4 is 8.80 Å². The first-order valence-corrected chi connectivity index (χ1v) is 7.34. The molecule has 15 heavy (non-hydrogen) atoms. The molecule has 1 unspecified atom stereocenters. The second-order valence-electron chi connectivity index (χ2n) is 3.96. The van der Waals surface area contributed by atoms with Gasteiger partial charge >= 0.3 is 8.80 Å². The molecule has 0 aromatic heterocycles. The van der Waals surface area contributed by atoms with E-state index in [9.17, 15) is 0 Å². The van der Waals surface area contributed by atoms with Crippen molar-refractivity contribution in [3.05, 3.63) is 11.6 Å².